The number of rotatable bonds is 10. The van der Waals surface area contributed by atoms with Gasteiger partial charge in [-0.3, -0.25) is 4.79 Å². The number of anilines is 2. The summed E-state index contributed by atoms with van der Waals surface area (Å²) in [5, 5.41) is 7.93. The number of amides is 3. The van der Waals surface area contributed by atoms with Crippen LogP contribution in [0.4, 0.5) is 16.2 Å². The first kappa shape index (κ1) is 23.2. The normalized spacial score (nSPS) is 10.9. The predicted molar refractivity (Wildman–Crippen MR) is 115 cm³/mol. The minimum absolute atomic E-state index is 0.0514. The van der Waals surface area contributed by atoms with Crippen LogP contribution in [0.3, 0.4) is 0 Å². The zero-order chi connectivity index (χ0) is 22.0. The van der Waals surface area contributed by atoms with Crippen molar-refractivity contribution in [1.82, 2.24) is 10.0 Å². The van der Waals surface area contributed by atoms with Crippen LogP contribution in [0.15, 0.2) is 53.4 Å². The third-order valence-electron chi connectivity index (χ3n) is 3.83. The first-order valence-electron chi connectivity index (χ1n) is 9.51. The van der Waals surface area contributed by atoms with Gasteiger partial charge in [0.05, 0.1) is 11.5 Å². The number of carbonyl (C=O) groups excluding carboxylic acids is 2. The molecule has 0 bridgehead atoms. The second-order valence-electron chi connectivity index (χ2n) is 6.17. The number of ether oxygens (including phenoxy) is 1. The van der Waals surface area contributed by atoms with Gasteiger partial charge in [-0.15, -0.1) is 0 Å². The Kier molecular flexibility index (Phi) is 8.63. The van der Waals surface area contributed by atoms with Crippen molar-refractivity contribution < 1.29 is 22.7 Å². The van der Waals surface area contributed by atoms with Gasteiger partial charge in [0.25, 0.3) is 0 Å². The Hall–Kier alpha value is -3.11. The van der Waals surface area contributed by atoms with Crippen LogP contribution in [0.2, 0.25) is 0 Å². The molecule has 4 N–H and O–H groups in total. The number of carbonyl (C=O) groups is 2. The highest BCUT2D eigenvalue weighted by atomic mass is 32.2. The van der Waals surface area contributed by atoms with Gasteiger partial charge in [-0.05, 0) is 56.3 Å². The van der Waals surface area contributed by atoms with E-state index in [1.54, 1.807) is 43.3 Å². The smallest absolute Gasteiger partial charge is 0.319 e. The molecule has 0 saturated carbocycles. The molecule has 30 heavy (non-hydrogen) atoms. The Morgan fingerprint density at radius 2 is 1.63 bits per heavy atom. The maximum absolute atomic E-state index is 12.3. The van der Waals surface area contributed by atoms with Gasteiger partial charge >= 0.3 is 6.03 Å². The van der Waals surface area contributed by atoms with Gasteiger partial charge in [0.1, 0.15) is 5.75 Å². The lowest BCUT2D eigenvalue weighted by molar-refractivity contribution is -0.116. The molecule has 2 aromatic rings. The summed E-state index contributed by atoms with van der Waals surface area (Å²) in [4.78, 5) is 23.8. The maximum atomic E-state index is 12.3. The standard InChI is InChI=1S/C20H26N4O5S/c1-3-21-20(26)24-16-7-5-6-15(14-16)23-19(25)12-13-22-30(27,28)18-10-8-17(9-11-18)29-4-2/h5-11,14,22H,3-4,12-13H2,1-2H3,(H,23,25)(H2,21,24,26). The van der Waals surface area contributed by atoms with Crippen molar-refractivity contribution in [3.63, 3.8) is 0 Å². The highest BCUT2D eigenvalue weighted by molar-refractivity contribution is 7.89. The van der Waals surface area contributed by atoms with Crippen molar-refractivity contribution in [1.29, 1.82) is 0 Å². The van der Waals surface area contributed by atoms with Gasteiger partial charge in [-0.25, -0.2) is 17.9 Å². The third-order valence-corrected chi connectivity index (χ3v) is 5.31. The monoisotopic (exact) mass is 434 g/mol. The van der Waals surface area contributed by atoms with Crippen LogP contribution in [0.5, 0.6) is 5.75 Å². The van der Waals surface area contributed by atoms with E-state index in [1.165, 1.54) is 12.1 Å². The zero-order valence-corrected chi connectivity index (χ0v) is 17.7. The second-order valence-corrected chi connectivity index (χ2v) is 7.93. The molecule has 2 aromatic carbocycles. The first-order chi connectivity index (χ1) is 14.3. The van der Waals surface area contributed by atoms with Crippen LogP contribution < -0.4 is 25.4 Å². The molecule has 3 amide bonds. The van der Waals surface area contributed by atoms with E-state index in [0.29, 0.717) is 30.3 Å². The largest absolute Gasteiger partial charge is 0.494 e. The molecule has 0 heterocycles. The van der Waals surface area contributed by atoms with Crippen LogP contribution in [-0.2, 0) is 14.8 Å². The molecule has 162 valence electrons. The minimum atomic E-state index is -3.73. The summed E-state index contributed by atoms with van der Waals surface area (Å²) in [7, 11) is -3.73. The Morgan fingerprint density at radius 3 is 2.27 bits per heavy atom. The van der Waals surface area contributed by atoms with E-state index in [2.05, 4.69) is 20.7 Å². The molecule has 0 aliphatic heterocycles. The van der Waals surface area contributed by atoms with Crippen molar-refractivity contribution in [2.24, 2.45) is 0 Å². The van der Waals surface area contributed by atoms with Crippen molar-refractivity contribution in [2.45, 2.75) is 25.2 Å². The number of hydrogen-bond donors (Lipinski definition) is 4. The average molecular weight is 435 g/mol. The second kappa shape index (κ2) is 11.2. The van der Waals surface area contributed by atoms with Crippen molar-refractivity contribution in [3.05, 3.63) is 48.5 Å². The fourth-order valence-corrected chi connectivity index (χ4v) is 3.53. The molecule has 0 aliphatic carbocycles. The summed E-state index contributed by atoms with van der Waals surface area (Å²) in [6.45, 7) is 4.57. The van der Waals surface area contributed by atoms with Gasteiger partial charge in [-0.1, -0.05) is 6.07 Å². The predicted octanol–water partition coefficient (Wildman–Crippen LogP) is 2.53. The van der Waals surface area contributed by atoms with Crippen LogP contribution in [-0.4, -0.2) is 40.1 Å². The number of urea groups is 1. The third kappa shape index (κ3) is 7.37. The molecule has 0 aliphatic rings. The average Bonchev–Trinajstić information content (AvgIpc) is 2.69. The molecular weight excluding hydrogens is 408 g/mol. The molecule has 0 radical (unpaired) electrons. The number of benzene rings is 2. The quantitative estimate of drug-likeness (QED) is 0.457. The number of nitrogens with one attached hydrogen (secondary N) is 4. The summed E-state index contributed by atoms with van der Waals surface area (Å²) in [5.74, 6) is 0.222. The molecule has 0 atom stereocenters. The summed E-state index contributed by atoms with van der Waals surface area (Å²) in [6.07, 6.45) is -0.0514. The fraction of sp³-hybridized carbons (Fsp3) is 0.300. The lowest BCUT2D eigenvalue weighted by Gasteiger charge is -2.10. The SMILES string of the molecule is CCNC(=O)Nc1cccc(NC(=O)CCNS(=O)(=O)c2ccc(OCC)cc2)c1. The Balaban J connectivity index is 1.85. The molecule has 2 rings (SSSR count). The van der Waals surface area contributed by atoms with Gasteiger partial charge in [-0.2, -0.15) is 0 Å². The van der Waals surface area contributed by atoms with E-state index < -0.39 is 10.0 Å². The molecule has 0 unspecified atom stereocenters. The summed E-state index contributed by atoms with van der Waals surface area (Å²) in [6, 6.07) is 12.4. The summed E-state index contributed by atoms with van der Waals surface area (Å²) >= 11 is 0. The van der Waals surface area contributed by atoms with E-state index >= 15 is 0 Å². The van der Waals surface area contributed by atoms with E-state index in [0.717, 1.165) is 0 Å². The Morgan fingerprint density at radius 1 is 0.967 bits per heavy atom. The Labute approximate surface area is 176 Å². The Bertz CT molecular complexity index is 961. The van der Waals surface area contributed by atoms with Gasteiger partial charge in [0.15, 0.2) is 0 Å². The zero-order valence-electron chi connectivity index (χ0n) is 16.9. The lowest BCUT2D eigenvalue weighted by atomic mass is 10.2. The van der Waals surface area contributed by atoms with E-state index in [-0.39, 0.29) is 29.8 Å². The summed E-state index contributed by atoms with van der Waals surface area (Å²) in [5.41, 5.74) is 1.01. The van der Waals surface area contributed by atoms with Crippen molar-refractivity contribution in [2.75, 3.05) is 30.3 Å². The molecule has 0 spiro atoms. The molecule has 0 saturated heterocycles. The summed E-state index contributed by atoms with van der Waals surface area (Å²) < 4.78 is 32.3. The molecule has 9 nitrogen and oxygen atoms in total. The van der Waals surface area contributed by atoms with Crippen LogP contribution >= 0.6 is 0 Å². The van der Waals surface area contributed by atoms with Gasteiger partial charge in [0.2, 0.25) is 15.9 Å². The fourth-order valence-electron chi connectivity index (χ4n) is 2.50. The van der Waals surface area contributed by atoms with E-state index in [4.69, 9.17) is 4.74 Å². The lowest BCUT2D eigenvalue weighted by Crippen LogP contribution is -2.28. The van der Waals surface area contributed by atoms with Crippen molar-refractivity contribution in [3.8, 4) is 5.75 Å². The first-order valence-corrected chi connectivity index (χ1v) is 11.0. The number of hydrogen-bond acceptors (Lipinski definition) is 5. The molecule has 10 heteroatoms. The van der Waals surface area contributed by atoms with Gasteiger partial charge in [0, 0.05) is 30.9 Å². The highest BCUT2D eigenvalue weighted by Gasteiger charge is 2.14. The van der Waals surface area contributed by atoms with Crippen LogP contribution in [0.1, 0.15) is 20.3 Å². The minimum Gasteiger partial charge on any atom is -0.494 e. The van der Waals surface area contributed by atoms with Crippen molar-refractivity contribution >= 4 is 33.3 Å². The van der Waals surface area contributed by atoms with E-state index in [1.807, 2.05) is 6.92 Å². The molecule has 0 fully saturated rings. The van der Waals surface area contributed by atoms with E-state index in [9.17, 15) is 18.0 Å². The number of sulfonamides is 1. The van der Waals surface area contributed by atoms with Crippen LogP contribution in [0, 0.1) is 0 Å². The maximum Gasteiger partial charge on any atom is 0.319 e. The highest BCUT2D eigenvalue weighted by Crippen LogP contribution is 2.17. The molecular formula is C20H26N4O5S. The topological polar surface area (TPSA) is 126 Å². The van der Waals surface area contributed by atoms with Crippen LogP contribution in [0.25, 0.3) is 0 Å². The molecule has 0 aromatic heterocycles. The van der Waals surface area contributed by atoms with Gasteiger partial charge < -0.3 is 20.7 Å².